The first kappa shape index (κ1) is 34.9. The fourth-order valence-corrected chi connectivity index (χ4v) is 6.72. The molecule has 1 saturated carbocycles. The molecule has 1 unspecified atom stereocenters. The minimum absolute atomic E-state index is 0.0314. The van der Waals surface area contributed by atoms with E-state index in [0.717, 1.165) is 43.2 Å². The number of benzene rings is 1. The van der Waals surface area contributed by atoms with Gasteiger partial charge in [-0.15, -0.1) is 0 Å². The summed E-state index contributed by atoms with van der Waals surface area (Å²) in [6, 6.07) is 5.19. The van der Waals surface area contributed by atoms with E-state index in [1.807, 2.05) is 18.2 Å². The average molecular weight is 639 g/mol. The highest BCUT2D eigenvalue weighted by atomic mass is 16.2. The van der Waals surface area contributed by atoms with Gasteiger partial charge in [0.25, 0.3) is 0 Å². The third kappa shape index (κ3) is 9.77. The minimum atomic E-state index is -0.693. The van der Waals surface area contributed by atoms with Gasteiger partial charge in [-0.3, -0.25) is 38.4 Å². The van der Waals surface area contributed by atoms with Gasteiger partial charge < -0.3 is 16.0 Å². The molecule has 1 aliphatic carbocycles. The number of nitrogens with two attached hydrogens (primary N) is 1. The zero-order valence-corrected chi connectivity index (χ0v) is 27.2. The number of fused-ring (bicyclic) bond motifs is 1. The summed E-state index contributed by atoms with van der Waals surface area (Å²) in [7, 11) is 1.70. The first-order valence-electron chi connectivity index (χ1n) is 17.0. The molecule has 4 N–H and O–H groups in total. The van der Waals surface area contributed by atoms with Crippen molar-refractivity contribution in [2.75, 3.05) is 19.6 Å². The Morgan fingerprint density at radius 1 is 0.913 bits per heavy atom. The Morgan fingerprint density at radius 2 is 1.59 bits per heavy atom. The van der Waals surface area contributed by atoms with E-state index in [1.165, 1.54) is 43.1 Å². The highest BCUT2D eigenvalue weighted by molar-refractivity contribution is 6.00. The standard InChI is InChI=1S/C28H38N6O6.C6H12/c1-32-22-16-19(8-9-20(22)34(28(32)40)21-10-11-25(37)31-27(21)39)5-2-4-18-12-14-33(15-13-18)26(38)17-30-24(36)7-3-6-23(29)35;1-2-4-6-5-3-1/h8-9,16,18,21H,2-7,10-15,17H2,1H3,(H2,29,35)(H,30,36)(H,31,37,39);1-6H2. The fourth-order valence-electron chi connectivity index (χ4n) is 6.72. The van der Waals surface area contributed by atoms with Gasteiger partial charge in [0.15, 0.2) is 0 Å². The molecule has 0 bridgehead atoms. The van der Waals surface area contributed by atoms with Crippen LogP contribution in [0.2, 0.25) is 0 Å². The number of imide groups is 1. The fraction of sp³-hybridized carbons (Fsp3) is 0.647. The largest absolute Gasteiger partial charge is 0.370 e. The SMILES string of the molecule is C1CCCCC1.Cn1c(=O)n(C2CCC(=O)NC2=O)c2ccc(CCCC3CCN(C(=O)CNC(=O)CCCC(N)=O)CC3)cc21. The molecule has 5 amide bonds. The van der Waals surface area contributed by atoms with E-state index in [1.54, 1.807) is 16.5 Å². The zero-order chi connectivity index (χ0) is 33.1. The van der Waals surface area contributed by atoms with Crippen LogP contribution in [0.3, 0.4) is 0 Å². The molecule has 2 aromatic rings. The smallest absolute Gasteiger partial charge is 0.329 e. The van der Waals surface area contributed by atoms with Crippen molar-refractivity contribution in [3.63, 3.8) is 0 Å². The van der Waals surface area contributed by atoms with Gasteiger partial charge >= 0.3 is 5.69 Å². The number of likely N-dealkylation sites (tertiary alicyclic amines) is 1. The van der Waals surface area contributed by atoms with Crippen molar-refractivity contribution in [2.45, 2.75) is 109 Å². The number of nitrogens with one attached hydrogen (secondary N) is 2. The second-order valence-electron chi connectivity index (χ2n) is 12.9. The molecule has 1 atom stereocenters. The van der Waals surface area contributed by atoms with E-state index < -0.39 is 17.9 Å². The maximum absolute atomic E-state index is 13.0. The number of hydrogen-bond acceptors (Lipinski definition) is 6. The lowest BCUT2D eigenvalue weighted by Gasteiger charge is -2.32. The number of carbonyl (C=O) groups excluding carboxylic acids is 5. The molecular weight excluding hydrogens is 588 g/mol. The summed E-state index contributed by atoms with van der Waals surface area (Å²) in [5.41, 5.74) is 7.36. The molecule has 3 fully saturated rings. The predicted octanol–water partition coefficient (Wildman–Crippen LogP) is 2.99. The monoisotopic (exact) mass is 638 g/mol. The van der Waals surface area contributed by atoms with Crippen LogP contribution in [-0.4, -0.2) is 63.2 Å². The third-order valence-corrected chi connectivity index (χ3v) is 9.48. The second-order valence-corrected chi connectivity index (χ2v) is 12.9. The van der Waals surface area contributed by atoms with E-state index in [-0.39, 0.29) is 49.2 Å². The predicted molar refractivity (Wildman–Crippen MR) is 175 cm³/mol. The van der Waals surface area contributed by atoms with E-state index >= 15 is 0 Å². The summed E-state index contributed by atoms with van der Waals surface area (Å²) in [4.78, 5) is 73.7. The molecule has 3 aliphatic rings. The summed E-state index contributed by atoms with van der Waals surface area (Å²) in [5.74, 6) is -1.02. The van der Waals surface area contributed by atoms with E-state index in [2.05, 4.69) is 10.6 Å². The van der Waals surface area contributed by atoms with Gasteiger partial charge in [-0.05, 0) is 68.6 Å². The van der Waals surface area contributed by atoms with Crippen molar-refractivity contribution in [3.8, 4) is 0 Å². The van der Waals surface area contributed by atoms with E-state index in [0.29, 0.717) is 37.4 Å². The molecule has 3 heterocycles. The zero-order valence-electron chi connectivity index (χ0n) is 27.2. The van der Waals surface area contributed by atoms with Gasteiger partial charge in [0, 0.05) is 39.4 Å². The summed E-state index contributed by atoms with van der Waals surface area (Å²) in [6.45, 7) is 1.31. The molecule has 2 aliphatic heterocycles. The first-order chi connectivity index (χ1) is 22.1. The number of carbonyl (C=O) groups is 5. The molecule has 2 saturated heterocycles. The number of amides is 5. The van der Waals surface area contributed by atoms with Crippen LogP contribution in [-0.2, 0) is 37.4 Å². The molecular formula is C34H50N6O6. The van der Waals surface area contributed by atoms with Gasteiger partial charge in [-0.2, -0.15) is 0 Å². The van der Waals surface area contributed by atoms with Crippen LogP contribution in [0, 0.1) is 5.92 Å². The van der Waals surface area contributed by atoms with Crippen molar-refractivity contribution >= 4 is 40.6 Å². The Morgan fingerprint density at radius 3 is 2.22 bits per heavy atom. The van der Waals surface area contributed by atoms with Gasteiger partial charge in [0.1, 0.15) is 6.04 Å². The quantitative estimate of drug-likeness (QED) is 0.320. The molecule has 12 nitrogen and oxygen atoms in total. The number of imidazole rings is 1. The van der Waals surface area contributed by atoms with Crippen molar-refractivity contribution in [1.82, 2.24) is 24.7 Å². The molecule has 12 heteroatoms. The topological polar surface area (TPSA) is 166 Å². The summed E-state index contributed by atoms with van der Waals surface area (Å²) in [5, 5.41) is 4.95. The molecule has 1 aromatic carbocycles. The van der Waals surface area contributed by atoms with Crippen LogP contribution in [0.15, 0.2) is 23.0 Å². The number of piperidine rings is 2. The van der Waals surface area contributed by atoms with Crippen LogP contribution >= 0.6 is 0 Å². The molecule has 252 valence electrons. The van der Waals surface area contributed by atoms with Gasteiger partial charge in [0.2, 0.25) is 29.5 Å². The number of primary amides is 1. The maximum Gasteiger partial charge on any atom is 0.329 e. The lowest BCUT2D eigenvalue weighted by atomic mass is 9.90. The third-order valence-electron chi connectivity index (χ3n) is 9.48. The van der Waals surface area contributed by atoms with Crippen LogP contribution in [0.25, 0.3) is 11.0 Å². The number of aryl methyl sites for hydroxylation is 2. The van der Waals surface area contributed by atoms with E-state index in [9.17, 15) is 28.8 Å². The minimum Gasteiger partial charge on any atom is -0.370 e. The second kappa shape index (κ2) is 17.1. The summed E-state index contributed by atoms with van der Waals surface area (Å²) >= 11 is 0. The number of hydrogen-bond donors (Lipinski definition) is 3. The van der Waals surface area contributed by atoms with Crippen molar-refractivity contribution in [2.24, 2.45) is 18.7 Å². The summed E-state index contributed by atoms with van der Waals surface area (Å²) in [6.07, 6.45) is 14.9. The molecule has 5 rings (SSSR count). The van der Waals surface area contributed by atoms with Crippen molar-refractivity contribution in [3.05, 3.63) is 34.2 Å². The van der Waals surface area contributed by atoms with Crippen LogP contribution in [0.5, 0.6) is 0 Å². The van der Waals surface area contributed by atoms with Crippen LogP contribution in [0.1, 0.15) is 108 Å². The van der Waals surface area contributed by atoms with Crippen LogP contribution in [0.4, 0.5) is 0 Å². The normalized spacial score (nSPS) is 18.9. The first-order valence-corrected chi connectivity index (χ1v) is 17.0. The molecule has 0 radical (unpaired) electrons. The van der Waals surface area contributed by atoms with Crippen LogP contribution < -0.4 is 22.1 Å². The highest BCUT2D eigenvalue weighted by Crippen LogP contribution is 2.26. The highest BCUT2D eigenvalue weighted by Gasteiger charge is 2.31. The van der Waals surface area contributed by atoms with Crippen molar-refractivity contribution in [1.29, 1.82) is 0 Å². The molecule has 46 heavy (non-hydrogen) atoms. The Kier molecular flexibility index (Phi) is 13.0. The molecule has 0 spiro atoms. The van der Waals surface area contributed by atoms with Crippen molar-refractivity contribution < 1.29 is 24.0 Å². The van der Waals surface area contributed by atoms with Gasteiger partial charge in [-0.1, -0.05) is 44.6 Å². The Bertz CT molecular complexity index is 1440. The average Bonchev–Trinajstić information content (AvgIpc) is 3.29. The van der Waals surface area contributed by atoms with Gasteiger partial charge in [0.05, 0.1) is 17.6 Å². The number of rotatable bonds is 11. The summed E-state index contributed by atoms with van der Waals surface area (Å²) < 4.78 is 3.05. The Labute approximate surface area is 270 Å². The van der Waals surface area contributed by atoms with Gasteiger partial charge in [-0.25, -0.2) is 4.79 Å². The van der Waals surface area contributed by atoms with E-state index in [4.69, 9.17) is 5.73 Å². The molecule has 1 aromatic heterocycles. The maximum atomic E-state index is 13.0. The lowest BCUT2D eigenvalue weighted by molar-refractivity contribution is -0.136. The lowest BCUT2D eigenvalue weighted by Crippen LogP contribution is -2.44. The number of nitrogens with zero attached hydrogens (tertiary/aromatic N) is 3. The Hall–Kier alpha value is -3.96. The number of aromatic nitrogens is 2. The Balaban J connectivity index is 0.000000717.